The Hall–Kier alpha value is -4.01. The average molecular weight is 437 g/mol. The van der Waals surface area contributed by atoms with Gasteiger partial charge in [0.05, 0.1) is 0 Å². The molecule has 0 unspecified atom stereocenters. The van der Waals surface area contributed by atoms with Gasteiger partial charge >= 0.3 is 5.97 Å². The number of carbonyl (C=O) groups is 3. The van der Waals surface area contributed by atoms with E-state index in [4.69, 9.17) is 14.2 Å². The largest absolute Gasteiger partial charge is 0.454 e. The number of carbonyl (C=O) groups excluding carboxylic acids is 3. The molecule has 2 heterocycles. The Morgan fingerprint density at radius 3 is 2.78 bits per heavy atom. The molecule has 1 aliphatic heterocycles. The van der Waals surface area contributed by atoms with E-state index >= 15 is 0 Å². The van der Waals surface area contributed by atoms with Gasteiger partial charge in [0.2, 0.25) is 12.7 Å². The van der Waals surface area contributed by atoms with Gasteiger partial charge in [0.15, 0.2) is 18.1 Å². The summed E-state index contributed by atoms with van der Waals surface area (Å²) in [6.45, 7) is 1.30. The van der Waals surface area contributed by atoms with Crippen molar-refractivity contribution in [3.63, 3.8) is 0 Å². The van der Waals surface area contributed by atoms with Crippen molar-refractivity contribution in [1.29, 1.82) is 0 Å². The second-order valence-electron chi connectivity index (χ2n) is 7.39. The summed E-state index contributed by atoms with van der Waals surface area (Å²) in [4.78, 5) is 39.5. The van der Waals surface area contributed by atoms with Gasteiger partial charge < -0.3 is 29.8 Å². The van der Waals surface area contributed by atoms with Crippen LogP contribution in [0.5, 0.6) is 11.5 Å². The van der Waals surface area contributed by atoms with Gasteiger partial charge in [0.1, 0.15) is 6.04 Å². The lowest BCUT2D eigenvalue weighted by molar-refractivity contribution is -0.151. The predicted octanol–water partition coefficient (Wildman–Crippen LogP) is 1.80. The molecule has 0 bridgehead atoms. The SMILES string of the molecule is CC(=O)N[C@H](Cc1c[nH]c2ccccc12)C(=O)OCC(=O)NCc1ccc2c(c1)OCO2. The van der Waals surface area contributed by atoms with Crippen LogP contribution in [0.4, 0.5) is 0 Å². The Balaban J connectivity index is 1.31. The molecule has 0 saturated heterocycles. The molecule has 9 nitrogen and oxygen atoms in total. The van der Waals surface area contributed by atoms with E-state index in [-0.39, 0.29) is 25.7 Å². The van der Waals surface area contributed by atoms with Crippen molar-refractivity contribution in [3.8, 4) is 11.5 Å². The summed E-state index contributed by atoms with van der Waals surface area (Å²) < 4.78 is 15.7. The van der Waals surface area contributed by atoms with Crippen molar-refractivity contribution in [2.75, 3.05) is 13.4 Å². The number of fused-ring (bicyclic) bond motifs is 2. The van der Waals surface area contributed by atoms with E-state index in [0.29, 0.717) is 11.5 Å². The number of benzene rings is 2. The normalized spacial score (nSPS) is 12.9. The highest BCUT2D eigenvalue weighted by Crippen LogP contribution is 2.32. The molecule has 2 amide bonds. The monoisotopic (exact) mass is 437 g/mol. The van der Waals surface area contributed by atoms with E-state index in [1.165, 1.54) is 6.92 Å². The number of ether oxygens (including phenoxy) is 3. The number of aromatic nitrogens is 1. The lowest BCUT2D eigenvalue weighted by Crippen LogP contribution is -2.43. The second-order valence-corrected chi connectivity index (χ2v) is 7.39. The third-order valence-electron chi connectivity index (χ3n) is 5.03. The number of hydrogen-bond donors (Lipinski definition) is 3. The smallest absolute Gasteiger partial charge is 0.329 e. The molecule has 166 valence electrons. The summed E-state index contributed by atoms with van der Waals surface area (Å²) in [7, 11) is 0. The molecule has 0 saturated carbocycles. The molecule has 9 heteroatoms. The Kier molecular flexibility index (Phi) is 6.25. The van der Waals surface area contributed by atoms with E-state index < -0.39 is 24.5 Å². The van der Waals surface area contributed by atoms with Gasteiger partial charge in [0.25, 0.3) is 5.91 Å². The lowest BCUT2D eigenvalue weighted by Gasteiger charge is -2.16. The number of rotatable bonds is 8. The first kappa shape index (κ1) is 21.2. The van der Waals surface area contributed by atoms with Crippen LogP contribution in [-0.2, 0) is 32.1 Å². The van der Waals surface area contributed by atoms with Crippen molar-refractivity contribution in [3.05, 3.63) is 59.8 Å². The van der Waals surface area contributed by atoms with Crippen LogP contribution in [0.1, 0.15) is 18.1 Å². The van der Waals surface area contributed by atoms with E-state index in [2.05, 4.69) is 15.6 Å². The van der Waals surface area contributed by atoms with Gasteiger partial charge in [0, 0.05) is 37.0 Å². The zero-order valence-corrected chi connectivity index (χ0v) is 17.5. The van der Waals surface area contributed by atoms with Gasteiger partial charge in [-0.25, -0.2) is 4.79 Å². The lowest BCUT2D eigenvalue weighted by atomic mass is 10.0. The van der Waals surface area contributed by atoms with Gasteiger partial charge in [-0.2, -0.15) is 0 Å². The number of aromatic amines is 1. The standard InChI is InChI=1S/C23H23N3O6/c1-14(27)26-19(9-16-11-24-18-5-3-2-4-17(16)18)23(29)30-12-22(28)25-10-15-6-7-20-21(8-15)32-13-31-20/h2-8,11,19,24H,9-10,12-13H2,1H3,(H,25,28)(H,26,27)/t19-/m1/s1. The molecule has 3 aromatic rings. The fourth-order valence-electron chi connectivity index (χ4n) is 3.50. The molecule has 0 fully saturated rings. The Morgan fingerprint density at radius 1 is 1.12 bits per heavy atom. The molecule has 1 atom stereocenters. The summed E-state index contributed by atoms with van der Waals surface area (Å²) in [5.41, 5.74) is 2.62. The molecule has 2 aromatic carbocycles. The molecule has 32 heavy (non-hydrogen) atoms. The summed E-state index contributed by atoms with van der Waals surface area (Å²) in [6.07, 6.45) is 2.03. The first-order chi connectivity index (χ1) is 15.5. The maximum atomic E-state index is 12.6. The minimum Gasteiger partial charge on any atom is -0.454 e. The maximum absolute atomic E-state index is 12.6. The Labute approximate surface area is 184 Å². The molecular weight excluding hydrogens is 414 g/mol. The summed E-state index contributed by atoms with van der Waals surface area (Å²) >= 11 is 0. The summed E-state index contributed by atoms with van der Waals surface area (Å²) in [6, 6.07) is 12.1. The summed E-state index contributed by atoms with van der Waals surface area (Å²) in [5, 5.41) is 6.25. The van der Waals surface area contributed by atoms with Crippen LogP contribution in [0.15, 0.2) is 48.7 Å². The Bertz CT molecular complexity index is 1160. The minimum absolute atomic E-state index is 0.176. The number of hydrogen-bond acceptors (Lipinski definition) is 6. The van der Waals surface area contributed by atoms with E-state index in [1.54, 1.807) is 18.3 Å². The predicted molar refractivity (Wildman–Crippen MR) is 115 cm³/mol. The van der Waals surface area contributed by atoms with Gasteiger partial charge in [-0.05, 0) is 29.3 Å². The first-order valence-corrected chi connectivity index (χ1v) is 10.1. The molecule has 0 aliphatic carbocycles. The zero-order valence-electron chi connectivity index (χ0n) is 17.5. The summed E-state index contributed by atoms with van der Waals surface area (Å²) in [5.74, 6) is -0.209. The number of nitrogens with one attached hydrogen (secondary N) is 3. The van der Waals surface area contributed by atoms with Crippen molar-refractivity contribution in [1.82, 2.24) is 15.6 Å². The molecular formula is C23H23N3O6. The fraction of sp³-hybridized carbons (Fsp3) is 0.261. The number of para-hydroxylation sites is 1. The zero-order chi connectivity index (χ0) is 22.5. The highest BCUT2D eigenvalue weighted by atomic mass is 16.7. The van der Waals surface area contributed by atoms with Crippen molar-refractivity contribution in [2.24, 2.45) is 0 Å². The molecule has 0 spiro atoms. The number of esters is 1. The third-order valence-corrected chi connectivity index (χ3v) is 5.03. The average Bonchev–Trinajstić information content (AvgIpc) is 3.42. The van der Waals surface area contributed by atoms with E-state index in [0.717, 1.165) is 22.0 Å². The Morgan fingerprint density at radius 2 is 1.94 bits per heavy atom. The van der Waals surface area contributed by atoms with Crippen LogP contribution < -0.4 is 20.1 Å². The second kappa shape index (κ2) is 9.42. The van der Waals surface area contributed by atoms with Crippen LogP contribution in [0, 0.1) is 0 Å². The molecule has 3 N–H and O–H groups in total. The quantitative estimate of drug-likeness (QED) is 0.463. The molecule has 4 rings (SSSR count). The molecule has 0 radical (unpaired) electrons. The van der Waals surface area contributed by atoms with Crippen molar-refractivity contribution in [2.45, 2.75) is 25.9 Å². The highest BCUT2D eigenvalue weighted by molar-refractivity contribution is 5.88. The minimum atomic E-state index is -0.909. The number of H-pyrrole nitrogens is 1. The van der Waals surface area contributed by atoms with E-state index in [1.807, 2.05) is 30.3 Å². The van der Waals surface area contributed by atoms with Crippen molar-refractivity contribution < 1.29 is 28.6 Å². The van der Waals surface area contributed by atoms with Crippen LogP contribution in [-0.4, -0.2) is 42.2 Å². The third kappa shape index (κ3) is 5.00. The van der Waals surface area contributed by atoms with Gasteiger partial charge in [-0.15, -0.1) is 0 Å². The van der Waals surface area contributed by atoms with Crippen LogP contribution in [0.3, 0.4) is 0 Å². The maximum Gasteiger partial charge on any atom is 0.329 e. The van der Waals surface area contributed by atoms with Crippen LogP contribution in [0.25, 0.3) is 10.9 Å². The molecule has 1 aliphatic rings. The highest BCUT2D eigenvalue weighted by Gasteiger charge is 2.24. The van der Waals surface area contributed by atoms with Gasteiger partial charge in [-0.3, -0.25) is 9.59 Å². The van der Waals surface area contributed by atoms with Crippen LogP contribution in [0.2, 0.25) is 0 Å². The van der Waals surface area contributed by atoms with Crippen LogP contribution >= 0.6 is 0 Å². The van der Waals surface area contributed by atoms with Gasteiger partial charge in [-0.1, -0.05) is 24.3 Å². The topological polar surface area (TPSA) is 119 Å². The van der Waals surface area contributed by atoms with E-state index in [9.17, 15) is 14.4 Å². The first-order valence-electron chi connectivity index (χ1n) is 10.1. The fourth-order valence-corrected chi connectivity index (χ4v) is 3.50. The number of amides is 2. The van der Waals surface area contributed by atoms with Crippen molar-refractivity contribution >= 4 is 28.7 Å². The molecule has 1 aromatic heterocycles.